The molecule has 1 amide bonds. The molecule has 0 saturated heterocycles. The van der Waals surface area contributed by atoms with Gasteiger partial charge in [0, 0.05) is 0 Å². The number of benzene rings is 2. The Hall–Kier alpha value is -3.08. The standard InChI is InChI=1S/C19H18N2O3/c1-13-7-9-18(23-13)12-20-21-19(22)14(2)24-17-10-8-15-5-3-4-6-16(15)11-17/h3-12,14H,1-2H3,(H,21,22)/b20-12+. The highest BCUT2D eigenvalue weighted by Crippen LogP contribution is 2.21. The van der Waals surface area contributed by atoms with Crippen molar-refractivity contribution in [2.75, 3.05) is 0 Å². The zero-order valence-corrected chi connectivity index (χ0v) is 13.5. The first-order valence-electron chi connectivity index (χ1n) is 7.66. The van der Waals surface area contributed by atoms with Gasteiger partial charge in [0.2, 0.25) is 0 Å². The Morgan fingerprint density at radius 1 is 1.17 bits per heavy atom. The lowest BCUT2D eigenvalue weighted by Crippen LogP contribution is -2.33. The van der Waals surface area contributed by atoms with Crippen LogP contribution in [0.25, 0.3) is 10.8 Å². The molecule has 5 nitrogen and oxygen atoms in total. The molecule has 0 fully saturated rings. The van der Waals surface area contributed by atoms with E-state index in [1.165, 1.54) is 6.21 Å². The molecule has 0 aliphatic carbocycles. The molecule has 0 aliphatic heterocycles. The molecule has 3 aromatic rings. The number of rotatable bonds is 5. The molecular weight excluding hydrogens is 304 g/mol. The zero-order chi connectivity index (χ0) is 16.9. The number of hydrogen-bond acceptors (Lipinski definition) is 4. The first-order valence-corrected chi connectivity index (χ1v) is 7.66. The fraction of sp³-hybridized carbons (Fsp3) is 0.158. The van der Waals surface area contributed by atoms with E-state index in [-0.39, 0.29) is 5.91 Å². The van der Waals surface area contributed by atoms with E-state index < -0.39 is 6.10 Å². The van der Waals surface area contributed by atoms with Crippen molar-refractivity contribution in [2.24, 2.45) is 5.10 Å². The SMILES string of the molecule is Cc1ccc(/C=N/NC(=O)C(C)Oc2ccc3ccccc3c2)o1. The third kappa shape index (κ3) is 3.81. The molecule has 5 heteroatoms. The number of nitrogens with one attached hydrogen (secondary N) is 1. The van der Waals surface area contributed by atoms with Crippen molar-refractivity contribution in [2.45, 2.75) is 20.0 Å². The van der Waals surface area contributed by atoms with E-state index in [9.17, 15) is 4.79 Å². The van der Waals surface area contributed by atoms with Gasteiger partial charge in [-0.25, -0.2) is 5.43 Å². The second-order valence-corrected chi connectivity index (χ2v) is 5.45. The topological polar surface area (TPSA) is 63.8 Å². The molecule has 24 heavy (non-hydrogen) atoms. The van der Waals surface area contributed by atoms with E-state index in [0.717, 1.165) is 16.5 Å². The molecule has 0 saturated carbocycles. The van der Waals surface area contributed by atoms with E-state index in [2.05, 4.69) is 10.5 Å². The van der Waals surface area contributed by atoms with Gasteiger partial charge >= 0.3 is 0 Å². The van der Waals surface area contributed by atoms with Gasteiger partial charge in [0.15, 0.2) is 6.10 Å². The Bertz CT molecular complexity index is 883. The van der Waals surface area contributed by atoms with Crippen molar-refractivity contribution in [3.8, 4) is 5.75 Å². The number of aryl methyl sites for hydroxylation is 1. The predicted octanol–water partition coefficient (Wildman–Crippen LogP) is 3.66. The first-order chi connectivity index (χ1) is 11.6. The van der Waals surface area contributed by atoms with Gasteiger partial charge in [0.1, 0.15) is 17.3 Å². The van der Waals surface area contributed by atoms with Gasteiger partial charge in [-0.1, -0.05) is 30.3 Å². The number of nitrogens with zero attached hydrogens (tertiary/aromatic N) is 1. The molecule has 1 heterocycles. The lowest BCUT2D eigenvalue weighted by molar-refractivity contribution is -0.127. The molecular formula is C19H18N2O3. The number of furan rings is 1. The number of carbonyl (C=O) groups is 1. The smallest absolute Gasteiger partial charge is 0.280 e. The highest BCUT2D eigenvalue weighted by molar-refractivity contribution is 5.85. The summed E-state index contributed by atoms with van der Waals surface area (Å²) in [5, 5.41) is 6.06. The Morgan fingerprint density at radius 2 is 1.96 bits per heavy atom. The maximum absolute atomic E-state index is 12.0. The maximum Gasteiger partial charge on any atom is 0.280 e. The normalized spacial score (nSPS) is 12.4. The van der Waals surface area contributed by atoms with Crippen LogP contribution in [0.15, 0.2) is 64.1 Å². The summed E-state index contributed by atoms with van der Waals surface area (Å²) in [6.45, 7) is 3.52. The molecule has 1 unspecified atom stereocenters. The number of carbonyl (C=O) groups excluding carboxylic acids is 1. The van der Waals surface area contributed by atoms with Crippen LogP contribution in [0.4, 0.5) is 0 Å². The summed E-state index contributed by atoms with van der Waals surface area (Å²) in [5.41, 5.74) is 2.44. The van der Waals surface area contributed by atoms with Crippen LogP contribution < -0.4 is 10.2 Å². The van der Waals surface area contributed by atoms with E-state index in [0.29, 0.717) is 11.5 Å². The van der Waals surface area contributed by atoms with Crippen molar-refractivity contribution in [1.82, 2.24) is 5.43 Å². The quantitative estimate of drug-likeness (QED) is 0.576. The van der Waals surface area contributed by atoms with Gasteiger partial charge in [-0.2, -0.15) is 5.10 Å². The summed E-state index contributed by atoms with van der Waals surface area (Å²) in [7, 11) is 0. The Morgan fingerprint density at radius 3 is 2.71 bits per heavy atom. The third-order valence-corrected chi connectivity index (χ3v) is 3.53. The Labute approximate surface area is 139 Å². The van der Waals surface area contributed by atoms with Crippen molar-refractivity contribution in [1.29, 1.82) is 0 Å². The highest BCUT2D eigenvalue weighted by Gasteiger charge is 2.14. The maximum atomic E-state index is 12.0. The molecule has 122 valence electrons. The summed E-state index contributed by atoms with van der Waals surface area (Å²) >= 11 is 0. The molecule has 0 aliphatic rings. The largest absolute Gasteiger partial charge is 0.481 e. The average molecular weight is 322 g/mol. The minimum absolute atomic E-state index is 0.331. The predicted molar refractivity (Wildman–Crippen MR) is 93.2 cm³/mol. The lowest BCUT2D eigenvalue weighted by Gasteiger charge is -2.13. The number of fused-ring (bicyclic) bond motifs is 1. The zero-order valence-electron chi connectivity index (χ0n) is 13.5. The van der Waals surface area contributed by atoms with Gasteiger partial charge in [-0.3, -0.25) is 4.79 Å². The van der Waals surface area contributed by atoms with E-state index in [4.69, 9.17) is 9.15 Å². The fourth-order valence-corrected chi connectivity index (χ4v) is 2.27. The minimum atomic E-state index is -0.665. The molecule has 1 aromatic heterocycles. The van der Waals surface area contributed by atoms with E-state index in [1.54, 1.807) is 13.0 Å². The van der Waals surface area contributed by atoms with Crippen molar-refractivity contribution in [3.63, 3.8) is 0 Å². The minimum Gasteiger partial charge on any atom is -0.481 e. The first kappa shape index (κ1) is 15.8. The number of hydrazone groups is 1. The Balaban J connectivity index is 1.59. The van der Waals surface area contributed by atoms with Crippen LogP contribution in [0.1, 0.15) is 18.4 Å². The molecule has 0 radical (unpaired) electrons. The van der Waals surface area contributed by atoms with Crippen molar-refractivity contribution < 1.29 is 13.9 Å². The average Bonchev–Trinajstić information content (AvgIpc) is 3.00. The molecule has 1 N–H and O–H groups in total. The van der Waals surface area contributed by atoms with E-state index >= 15 is 0 Å². The lowest BCUT2D eigenvalue weighted by atomic mass is 10.1. The van der Waals surface area contributed by atoms with Gasteiger partial charge < -0.3 is 9.15 Å². The summed E-state index contributed by atoms with van der Waals surface area (Å²) in [6, 6.07) is 17.3. The van der Waals surface area contributed by atoms with Crippen LogP contribution in [0, 0.1) is 6.92 Å². The van der Waals surface area contributed by atoms with E-state index in [1.807, 2.05) is 55.5 Å². The van der Waals surface area contributed by atoms with Crippen molar-refractivity contribution in [3.05, 3.63) is 66.1 Å². The molecule has 2 aromatic carbocycles. The molecule has 1 atom stereocenters. The highest BCUT2D eigenvalue weighted by atomic mass is 16.5. The molecule has 3 rings (SSSR count). The van der Waals surface area contributed by atoms with Crippen LogP contribution in [-0.4, -0.2) is 18.2 Å². The van der Waals surface area contributed by atoms with Crippen LogP contribution in [-0.2, 0) is 4.79 Å². The monoisotopic (exact) mass is 322 g/mol. The fourth-order valence-electron chi connectivity index (χ4n) is 2.27. The third-order valence-electron chi connectivity index (χ3n) is 3.53. The Kier molecular flexibility index (Phi) is 4.61. The van der Waals surface area contributed by atoms with Gasteiger partial charge in [0.05, 0.1) is 6.21 Å². The summed E-state index contributed by atoms with van der Waals surface area (Å²) in [5.74, 6) is 1.68. The molecule has 0 spiro atoms. The second kappa shape index (κ2) is 7.00. The van der Waals surface area contributed by atoms with Crippen molar-refractivity contribution >= 4 is 22.9 Å². The van der Waals surface area contributed by atoms with Crippen LogP contribution >= 0.6 is 0 Å². The van der Waals surface area contributed by atoms with Crippen LogP contribution in [0.2, 0.25) is 0 Å². The number of hydrogen-bond donors (Lipinski definition) is 1. The van der Waals surface area contributed by atoms with Crippen LogP contribution in [0.5, 0.6) is 5.75 Å². The number of ether oxygens (including phenoxy) is 1. The van der Waals surface area contributed by atoms with Crippen LogP contribution in [0.3, 0.4) is 0 Å². The summed E-state index contributed by atoms with van der Waals surface area (Å²) < 4.78 is 11.0. The molecule has 0 bridgehead atoms. The summed E-state index contributed by atoms with van der Waals surface area (Å²) in [4.78, 5) is 12.0. The number of amides is 1. The van der Waals surface area contributed by atoms with Gasteiger partial charge in [-0.05, 0) is 48.9 Å². The van der Waals surface area contributed by atoms with Gasteiger partial charge in [0.25, 0.3) is 5.91 Å². The second-order valence-electron chi connectivity index (χ2n) is 5.45. The summed E-state index contributed by atoms with van der Waals surface area (Å²) in [6.07, 6.45) is 0.787. The van der Waals surface area contributed by atoms with Gasteiger partial charge in [-0.15, -0.1) is 0 Å².